The summed E-state index contributed by atoms with van der Waals surface area (Å²) in [4.78, 5) is 31.1. The first-order valence-corrected chi connectivity index (χ1v) is 13.3. The number of nitrogens with one attached hydrogen (secondary N) is 1. The summed E-state index contributed by atoms with van der Waals surface area (Å²) in [6, 6.07) is 24.5. The summed E-state index contributed by atoms with van der Waals surface area (Å²) in [6.07, 6.45) is 3.71. The van der Waals surface area contributed by atoms with E-state index in [1.165, 1.54) is 0 Å². The fourth-order valence-electron chi connectivity index (χ4n) is 5.10. The maximum Gasteiger partial charge on any atom is 0.322 e. The molecule has 2 aliphatic rings. The number of hydrogen-bond donors (Lipinski definition) is 1. The lowest BCUT2D eigenvalue weighted by atomic mass is 9.97. The molecule has 192 valence electrons. The molecule has 1 unspecified atom stereocenters. The molecule has 3 aromatic carbocycles. The summed E-state index contributed by atoms with van der Waals surface area (Å²) in [5, 5.41) is 3.53. The first-order chi connectivity index (χ1) is 18.4. The fourth-order valence-corrected chi connectivity index (χ4v) is 5.59. The van der Waals surface area contributed by atoms with Crippen molar-refractivity contribution in [2.24, 2.45) is 0 Å². The third-order valence-electron chi connectivity index (χ3n) is 7.13. The summed E-state index contributed by atoms with van der Waals surface area (Å²) in [5.74, 6) is -0.164. The lowest BCUT2D eigenvalue weighted by molar-refractivity contribution is -0.119. The average molecular weight is 545 g/mol. The molecular weight excluding hydrogens is 519 g/mol. The molecule has 8 heteroatoms. The number of para-hydroxylation sites is 3. The summed E-state index contributed by atoms with van der Waals surface area (Å²) in [7, 11) is 0. The number of halogens is 2. The summed E-state index contributed by atoms with van der Waals surface area (Å²) in [5.41, 5.74) is 5.21. The third-order valence-corrected chi connectivity index (χ3v) is 7.76. The number of aromatic nitrogens is 1. The van der Waals surface area contributed by atoms with Gasteiger partial charge in [-0.05, 0) is 61.7 Å². The molecule has 4 aromatic rings. The van der Waals surface area contributed by atoms with Crippen molar-refractivity contribution in [1.82, 2.24) is 9.47 Å². The van der Waals surface area contributed by atoms with Gasteiger partial charge in [-0.1, -0.05) is 71.2 Å². The monoisotopic (exact) mass is 544 g/mol. The quantitative estimate of drug-likeness (QED) is 0.288. The Hall–Kier alpha value is -3.74. The molecule has 1 aromatic heterocycles. The molecule has 1 fully saturated rings. The minimum absolute atomic E-state index is 0.0121. The van der Waals surface area contributed by atoms with Gasteiger partial charge in [-0.25, -0.2) is 4.79 Å². The highest BCUT2D eigenvalue weighted by Gasteiger charge is 2.40. The number of fused-ring (bicyclic) bond motifs is 3. The minimum atomic E-state index is -0.392. The van der Waals surface area contributed by atoms with E-state index in [1.807, 2.05) is 54.4 Å². The van der Waals surface area contributed by atoms with Crippen LogP contribution >= 0.6 is 23.2 Å². The second-order valence-electron chi connectivity index (χ2n) is 9.75. The number of amides is 3. The Kier molecular flexibility index (Phi) is 6.38. The van der Waals surface area contributed by atoms with E-state index in [9.17, 15) is 9.59 Å². The van der Waals surface area contributed by atoms with Crippen molar-refractivity contribution in [3.63, 3.8) is 0 Å². The second kappa shape index (κ2) is 9.86. The van der Waals surface area contributed by atoms with E-state index in [4.69, 9.17) is 23.2 Å². The summed E-state index contributed by atoms with van der Waals surface area (Å²) in [6.45, 7) is 1.97. The molecule has 2 heterocycles. The third kappa shape index (κ3) is 4.44. The molecule has 0 spiro atoms. The molecule has 1 atom stereocenters. The first-order valence-electron chi connectivity index (χ1n) is 12.6. The Bertz CT molecular complexity index is 1510. The van der Waals surface area contributed by atoms with Crippen molar-refractivity contribution in [2.75, 3.05) is 16.8 Å². The van der Waals surface area contributed by atoms with Crippen LogP contribution in [0.2, 0.25) is 10.0 Å². The van der Waals surface area contributed by atoms with Gasteiger partial charge in [-0.3, -0.25) is 9.69 Å². The number of carbonyl (C=O) groups is 2. The largest absolute Gasteiger partial charge is 0.322 e. The van der Waals surface area contributed by atoms with E-state index < -0.39 is 6.03 Å². The molecule has 6 nitrogen and oxygen atoms in total. The molecule has 1 aliphatic heterocycles. The molecule has 1 N–H and O–H groups in total. The predicted molar refractivity (Wildman–Crippen MR) is 151 cm³/mol. The van der Waals surface area contributed by atoms with Gasteiger partial charge in [0.05, 0.1) is 32.8 Å². The van der Waals surface area contributed by atoms with Crippen LogP contribution in [-0.4, -0.2) is 34.0 Å². The second-order valence-corrected chi connectivity index (χ2v) is 10.6. The average Bonchev–Trinajstić information content (AvgIpc) is 3.64. The Morgan fingerprint density at radius 3 is 2.26 bits per heavy atom. The van der Waals surface area contributed by atoms with Crippen molar-refractivity contribution in [2.45, 2.75) is 31.8 Å². The van der Waals surface area contributed by atoms with Crippen molar-refractivity contribution in [3.8, 4) is 5.69 Å². The van der Waals surface area contributed by atoms with Crippen LogP contribution < -0.4 is 10.2 Å². The number of urea groups is 1. The van der Waals surface area contributed by atoms with Crippen LogP contribution in [0.3, 0.4) is 0 Å². The summed E-state index contributed by atoms with van der Waals surface area (Å²) < 4.78 is 2.13. The number of rotatable bonds is 5. The Morgan fingerprint density at radius 1 is 0.895 bits per heavy atom. The molecule has 6 rings (SSSR count). The molecule has 0 radical (unpaired) electrons. The zero-order valence-electron chi connectivity index (χ0n) is 20.8. The number of benzene rings is 3. The lowest BCUT2D eigenvalue weighted by Gasteiger charge is -2.39. The maximum absolute atomic E-state index is 14.2. The highest BCUT2D eigenvalue weighted by Crippen LogP contribution is 2.42. The zero-order chi connectivity index (χ0) is 26.4. The summed E-state index contributed by atoms with van der Waals surface area (Å²) >= 11 is 12.6. The molecule has 1 saturated carbocycles. The number of carbonyl (C=O) groups excluding carboxylic acids is 2. The van der Waals surface area contributed by atoms with E-state index in [1.54, 1.807) is 23.1 Å². The minimum Gasteiger partial charge on any atom is -0.316 e. The smallest absolute Gasteiger partial charge is 0.316 e. The molecular formula is C30H26Cl2N4O2. The SMILES string of the molecule is Cc1ccc(C2c3cccn3-c3ccccc3N2C(=O)CN(C(=O)Nc2c(Cl)cccc2Cl)C2CC2)cc1. The van der Waals surface area contributed by atoms with Crippen molar-refractivity contribution in [1.29, 1.82) is 0 Å². The van der Waals surface area contributed by atoms with Crippen LogP contribution in [0, 0.1) is 6.92 Å². The number of anilines is 2. The number of aryl methyl sites for hydroxylation is 1. The van der Waals surface area contributed by atoms with Gasteiger partial charge in [0.2, 0.25) is 5.91 Å². The van der Waals surface area contributed by atoms with Gasteiger partial charge in [0.1, 0.15) is 12.6 Å². The van der Waals surface area contributed by atoms with Crippen LogP contribution in [-0.2, 0) is 4.79 Å². The van der Waals surface area contributed by atoms with Gasteiger partial charge >= 0.3 is 6.03 Å². The predicted octanol–water partition coefficient (Wildman–Crippen LogP) is 7.23. The van der Waals surface area contributed by atoms with Crippen LogP contribution in [0.5, 0.6) is 0 Å². The van der Waals surface area contributed by atoms with E-state index in [-0.39, 0.29) is 24.5 Å². The first kappa shape index (κ1) is 24.6. The van der Waals surface area contributed by atoms with Crippen LogP contribution in [0.25, 0.3) is 5.69 Å². The van der Waals surface area contributed by atoms with Crippen molar-refractivity contribution >= 4 is 46.5 Å². The van der Waals surface area contributed by atoms with Gasteiger partial charge in [0.15, 0.2) is 0 Å². The molecule has 0 saturated heterocycles. The van der Waals surface area contributed by atoms with Gasteiger partial charge in [-0.15, -0.1) is 0 Å². The molecule has 38 heavy (non-hydrogen) atoms. The highest BCUT2D eigenvalue weighted by atomic mass is 35.5. The van der Waals surface area contributed by atoms with E-state index >= 15 is 0 Å². The Balaban J connectivity index is 1.36. The van der Waals surface area contributed by atoms with E-state index in [0.717, 1.165) is 41.0 Å². The highest BCUT2D eigenvalue weighted by molar-refractivity contribution is 6.39. The van der Waals surface area contributed by atoms with Gasteiger partial charge in [0.25, 0.3) is 0 Å². The normalized spacial score (nSPS) is 16.0. The van der Waals surface area contributed by atoms with Crippen molar-refractivity contribution in [3.05, 3.63) is 112 Å². The Labute approximate surface area is 231 Å². The lowest BCUT2D eigenvalue weighted by Crippen LogP contribution is -2.48. The molecule has 3 amide bonds. The van der Waals surface area contributed by atoms with Gasteiger partial charge in [0, 0.05) is 12.2 Å². The van der Waals surface area contributed by atoms with Crippen LogP contribution in [0.4, 0.5) is 16.2 Å². The van der Waals surface area contributed by atoms with Crippen LogP contribution in [0.1, 0.15) is 35.7 Å². The van der Waals surface area contributed by atoms with E-state index in [0.29, 0.717) is 15.7 Å². The Morgan fingerprint density at radius 2 is 1.58 bits per heavy atom. The number of nitrogens with zero attached hydrogens (tertiary/aromatic N) is 3. The van der Waals surface area contributed by atoms with Crippen LogP contribution in [0.15, 0.2) is 85.1 Å². The van der Waals surface area contributed by atoms with Gasteiger partial charge in [-0.2, -0.15) is 0 Å². The number of hydrogen-bond acceptors (Lipinski definition) is 2. The van der Waals surface area contributed by atoms with Crippen molar-refractivity contribution < 1.29 is 9.59 Å². The zero-order valence-corrected chi connectivity index (χ0v) is 22.3. The van der Waals surface area contributed by atoms with Gasteiger partial charge < -0.3 is 14.8 Å². The fraction of sp³-hybridized carbons (Fsp3) is 0.200. The molecule has 0 bridgehead atoms. The standard InChI is InChI=1S/C30H26Cl2N4O2/c1-19-11-13-20(14-12-19)29-26-10-5-17-34(26)24-8-2-3-9-25(24)36(29)27(37)18-35(21-15-16-21)30(38)33-28-22(31)6-4-7-23(28)32/h2-14,17,21,29H,15-16,18H2,1H3,(H,33,38). The topological polar surface area (TPSA) is 57.6 Å². The maximum atomic E-state index is 14.2. The molecule has 1 aliphatic carbocycles. The van der Waals surface area contributed by atoms with E-state index in [2.05, 4.69) is 34.1 Å².